The molecule has 0 aliphatic rings. The highest BCUT2D eigenvalue weighted by Gasteiger charge is 2.14. The molecule has 0 radical (unpaired) electrons. The van der Waals surface area contributed by atoms with Gasteiger partial charge >= 0.3 is 0 Å². The predicted octanol–water partition coefficient (Wildman–Crippen LogP) is 3.59. The molecule has 1 heterocycles. The van der Waals surface area contributed by atoms with Crippen LogP contribution in [0.3, 0.4) is 0 Å². The summed E-state index contributed by atoms with van der Waals surface area (Å²) in [5, 5.41) is 14.0. The maximum Gasteiger partial charge on any atom is 0.126 e. The van der Waals surface area contributed by atoms with Crippen LogP contribution in [-0.4, -0.2) is 5.11 Å². The topological polar surface area (TPSA) is 20.2 Å². The van der Waals surface area contributed by atoms with Crippen LogP contribution in [0.25, 0.3) is 0 Å². The first-order valence-electron chi connectivity index (χ1n) is 5.06. The van der Waals surface area contributed by atoms with Crippen molar-refractivity contribution in [3.63, 3.8) is 0 Å². The number of aryl methyl sites for hydroxylation is 2. The molecule has 1 aromatic carbocycles. The maximum atomic E-state index is 13.4. The largest absolute Gasteiger partial charge is 0.384 e. The Hall–Kier alpha value is -1.19. The van der Waals surface area contributed by atoms with Crippen molar-refractivity contribution in [3.8, 4) is 0 Å². The zero-order valence-corrected chi connectivity index (χ0v) is 10.0. The van der Waals surface area contributed by atoms with Gasteiger partial charge in [0.05, 0.1) is 0 Å². The Morgan fingerprint density at radius 3 is 2.50 bits per heavy atom. The first-order chi connectivity index (χ1) is 7.59. The molecule has 1 aromatic heterocycles. The lowest BCUT2D eigenvalue weighted by Crippen LogP contribution is -2.00. The number of aliphatic hydroxyl groups is 1. The summed E-state index contributed by atoms with van der Waals surface area (Å²) < 4.78 is 13.4. The van der Waals surface area contributed by atoms with Gasteiger partial charge in [0.15, 0.2) is 0 Å². The highest BCUT2D eigenvalue weighted by atomic mass is 32.1. The van der Waals surface area contributed by atoms with Crippen molar-refractivity contribution in [1.29, 1.82) is 0 Å². The third-order valence-electron chi connectivity index (χ3n) is 2.70. The van der Waals surface area contributed by atoms with Crippen molar-refractivity contribution < 1.29 is 9.50 Å². The van der Waals surface area contributed by atoms with Crippen molar-refractivity contribution in [2.24, 2.45) is 0 Å². The molecular formula is C13H13FOS. The van der Waals surface area contributed by atoms with E-state index in [-0.39, 0.29) is 5.82 Å². The van der Waals surface area contributed by atoms with Gasteiger partial charge in [-0.05, 0) is 52.9 Å². The van der Waals surface area contributed by atoms with Crippen LogP contribution in [0.4, 0.5) is 4.39 Å². The number of hydrogen-bond acceptors (Lipinski definition) is 2. The van der Waals surface area contributed by atoms with E-state index in [0.717, 1.165) is 11.1 Å². The minimum atomic E-state index is -0.735. The molecule has 0 spiro atoms. The van der Waals surface area contributed by atoms with E-state index in [0.29, 0.717) is 11.1 Å². The predicted molar refractivity (Wildman–Crippen MR) is 64.3 cm³/mol. The first-order valence-corrected chi connectivity index (χ1v) is 6.00. The number of benzene rings is 1. The van der Waals surface area contributed by atoms with Crippen LogP contribution >= 0.6 is 11.3 Å². The van der Waals surface area contributed by atoms with E-state index in [1.165, 1.54) is 6.07 Å². The number of hydrogen-bond donors (Lipinski definition) is 1. The molecule has 0 aliphatic carbocycles. The van der Waals surface area contributed by atoms with Gasteiger partial charge in [0.25, 0.3) is 0 Å². The SMILES string of the molecule is Cc1ccc(C(O)c2cscc2C)cc1F. The van der Waals surface area contributed by atoms with E-state index >= 15 is 0 Å². The van der Waals surface area contributed by atoms with Crippen molar-refractivity contribution >= 4 is 11.3 Å². The lowest BCUT2D eigenvalue weighted by Gasteiger charge is -2.11. The summed E-state index contributed by atoms with van der Waals surface area (Å²) >= 11 is 1.54. The van der Waals surface area contributed by atoms with E-state index in [1.807, 2.05) is 17.7 Å². The summed E-state index contributed by atoms with van der Waals surface area (Å²) in [7, 11) is 0. The van der Waals surface area contributed by atoms with Crippen LogP contribution in [0, 0.1) is 19.7 Å². The normalized spacial score (nSPS) is 12.8. The smallest absolute Gasteiger partial charge is 0.126 e. The molecule has 2 rings (SSSR count). The molecule has 16 heavy (non-hydrogen) atoms. The average molecular weight is 236 g/mol. The second kappa shape index (κ2) is 4.36. The molecule has 1 N–H and O–H groups in total. The molecule has 0 aliphatic heterocycles. The van der Waals surface area contributed by atoms with Gasteiger partial charge in [-0.25, -0.2) is 4.39 Å². The Bertz CT molecular complexity index is 504. The fourth-order valence-electron chi connectivity index (χ4n) is 1.61. The minimum absolute atomic E-state index is 0.274. The quantitative estimate of drug-likeness (QED) is 0.845. The van der Waals surface area contributed by atoms with Gasteiger partial charge in [-0.3, -0.25) is 0 Å². The Morgan fingerprint density at radius 2 is 1.94 bits per heavy atom. The van der Waals surface area contributed by atoms with E-state index in [1.54, 1.807) is 30.4 Å². The molecule has 3 heteroatoms. The number of rotatable bonds is 2. The van der Waals surface area contributed by atoms with Crippen LogP contribution in [0.5, 0.6) is 0 Å². The molecule has 2 aromatic rings. The Kier molecular flexibility index (Phi) is 3.08. The lowest BCUT2D eigenvalue weighted by molar-refractivity contribution is 0.219. The third kappa shape index (κ3) is 2.01. The molecule has 0 saturated carbocycles. The van der Waals surface area contributed by atoms with Crippen LogP contribution < -0.4 is 0 Å². The summed E-state index contributed by atoms with van der Waals surface area (Å²) in [6, 6.07) is 4.85. The molecule has 84 valence electrons. The maximum absolute atomic E-state index is 13.4. The molecule has 0 amide bonds. The van der Waals surface area contributed by atoms with Crippen molar-refractivity contribution in [2.75, 3.05) is 0 Å². The highest BCUT2D eigenvalue weighted by Crippen LogP contribution is 2.28. The van der Waals surface area contributed by atoms with Gasteiger partial charge in [0.2, 0.25) is 0 Å². The van der Waals surface area contributed by atoms with Gasteiger partial charge in [-0.15, -0.1) is 0 Å². The molecule has 1 atom stereocenters. The van der Waals surface area contributed by atoms with Crippen LogP contribution in [-0.2, 0) is 0 Å². The van der Waals surface area contributed by atoms with E-state index in [9.17, 15) is 9.50 Å². The van der Waals surface area contributed by atoms with E-state index in [2.05, 4.69) is 0 Å². The summed E-state index contributed by atoms with van der Waals surface area (Å²) in [5.41, 5.74) is 3.09. The zero-order valence-electron chi connectivity index (χ0n) is 9.20. The van der Waals surface area contributed by atoms with E-state index < -0.39 is 6.10 Å². The minimum Gasteiger partial charge on any atom is -0.384 e. The summed E-state index contributed by atoms with van der Waals surface area (Å²) in [6.45, 7) is 3.65. The number of halogens is 1. The van der Waals surface area contributed by atoms with Crippen LogP contribution in [0.2, 0.25) is 0 Å². The molecule has 0 bridgehead atoms. The Balaban J connectivity index is 2.38. The summed E-state index contributed by atoms with van der Waals surface area (Å²) in [5.74, 6) is -0.274. The van der Waals surface area contributed by atoms with Gasteiger partial charge in [0, 0.05) is 0 Å². The van der Waals surface area contributed by atoms with E-state index in [4.69, 9.17) is 0 Å². The summed E-state index contributed by atoms with van der Waals surface area (Å²) in [6.07, 6.45) is -0.735. The van der Waals surface area contributed by atoms with Crippen LogP contribution in [0.1, 0.15) is 28.4 Å². The number of thiophene rings is 1. The summed E-state index contributed by atoms with van der Waals surface area (Å²) in [4.78, 5) is 0. The van der Waals surface area contributed by atoms with Crippen LogP contribution in [0.15, 0.2) is 29.0 Å². The van der Waals surface area contributed by atoms with Gasteiger partial charge in [-0.2, -0.15) is 11.3 Å². The zero-order chi connectivity index (χ0) is 11.7. The fourth-order valence-corrected chi connectivity index (χ4v) is 2.48. The van der Waals surface area contributed by atoms with Gasteiger partial charge in [-0.1, -0.05) is 12.1 Å². The molecular weight excluding hydrogens is 223 g/mol. The van der Waals surface area contributed by atoms with Crippen molar-refractivity contribution in [3.05, 3.63) is 57.0 Å². The Morgan fingerprint density at radius 1 is 1.19 bits per heavy atom. The average Bonchev–Trinajstić information content (AvgIpc) is 2.67. The molecule has 0 saturated heterocycles. The third-order valence-corrected chi connectivity index (χ3v) is 3.58. The fraction of sp³-hybridized carbons (Fsp3) is 0.231. The van der Waals surface area contributed by atoms with Crippen molar-refractivity contribution in [1.82, 2.24) is 0 Å². The standard InChI is InChI=1S/C13H13FOS/c1-8-3-4-10(5-12(8)14)13(15)11-7-16-6-9(11)2/h3-7,13,15H,1-2H3. The highest BCUT2D eigenvalue weighted by molar-refractivity contribution is 7.08. The van der Waals surface area contributed by atoms with Crippen molar-refractivity contribution in [2.45, 2.75) is 20.0 Å². The molecule has 1 unspecified atom stereocenters. The molecule has 1 nitrogen and oxygen atoms in total. The second-order valence-electron chi connectivity index (χ2n) is 3.92. The monoisotopic (exact) mass is 236 g/mol. The molecule has 0 fully saturated rings. The lowest BCUT2D eigenvalue weighted by atomic mass is 10.0. The Labute approximate surface area is 98.2 Å². The first kappa shape index (κ1) is 11.3. The van der Waals surface area contributed by atoms with Gasteiger partial charge < -0.3 is 5.11 Å². The second-order valence-corrected chi connectivity index (χ2v) is 4.66. The number of aliphatic hydroxyl groups excluding tert-OH is 1. The van der Waals surface area contributed by atoms with Gasteiger partial charge in [0.1, 0.15) is 11.9 Å².